The number of amides is 3. The largest absolute Gasteiger partial charge is 0.495 e. The maximum Gasteiger partial charge on any atom is 0.322 e. The first kappa shape index (κ1) is 22.5. The molecule has 0 spiro atoms. The predicted octanol–water partition coefficient (Wildman–Crippen LogP) is 4.26. The van der Waals surface area contributed by atoms with Crippen molar-refractivity contribution in [2.24, 2.45) is 7.05 Å². The Hall–Kier alpha value is -3.74. The van der Waals surface area contributed by atoms with Crippen LogP contribution in [0.5, 0.6) is 5.75 Å². The van der Waals surface area contributed by atoms with E-state index in [-0.39, 0.29) is 24.5 Å². The standard InChI is InChI=1S/C26H30N4O3/c1-28-16-8-11-22(28)18-29(17-20-9-4-3-5-10-20)25(31)19-30(21-14-15-21)26(32)27-23-12-6-7-13-24(23)33-2/h3-13,16,21H,14-15,17-19H2,1-2H3,(H,27,32). The normalized spacial score (nSPS) is 12.8. The Morgan fingerprint density at radius 1 is 1.00 bits per heavy atom. The Labute approximate surface area is 194 Å². The van der Waals surface area contributed by atoms with E-state index in [4.69, 9.17) is 4.74 Å². The molecule has 1 fully saturated rings. The molecule has 0 saturated heterocycles. The third-order valence-corrected chi connectivity index (χ3v) is 5.88. The van der Waals surface area contributed by atoms with E-state index in [1.54, 1.807) is 24.1 Å². The van der Waals surface area contributed by atoms with Crippen LogP contribution >= 0.6 is 0 Å². The zero-order chi connectivity index (χ0) is 23.2. The minimum absolute atomic E-state index is 0.0307. The molecule has 1 aliphatic rings. The number of urea groups is 1. The number of para-hydroxylation sites is 2. The van der Waals surface area contributed by atoms with Gasteiger partial charge in [-0.15, -0.1) is 0 Å². The van der Waals surface area contributed by atoms with E-state index in [1.807, 2.05) is 77.3 Å². The summed E-state index contributed by atoms with van der Waals surface area (Å²) >= 11 is 0. The number of aromatic nitrogens is 1. The van der Waals surface area contributed by atoms with Gasteiger partial charge in [-0.25, -0.2) is 4.79 Å². The van der Waals surface area contributed by atoms with Gasteiger partial charge < -0.3 is 24.4 Å². The van der Waals surface area contributed by atoms with E-state index >= 15 is 0 Å². The number of aryl methyl sites for hydroxylation is 1. The molecule has 4 rings (SSSR count). The number of carbonyl (C=O) groups is 2. The Morgan fingerprint density at radius 2 is 1.73 bits per heavy atom. The number of benzene rings is 2. The summed E-state index contributed by atoms with van der Waals surface area (Å²) in [5.41, 5.74) is 2.68. The lowest BCUT2D eigenvalue weighted by Crippen LogP contribution is -2.45. The van der Waals surface area contributed by atoms with E-state index in [0.717, 1.165) is 24.1 Å². The second kappa shape index (κ2) is 10.3. The van der Waals surface area contributed by atoms with Gasteiger partial charge in [0.25, 0.3) is 0 Å². The monoisotopic (exact) mass is 446 g/mol. The number of rotatable bonds is 9. The van der Waals surface area contributed by atoms with Crippen LogP contribution in [0.2, 0.25) is 0 Å². The predicted molar refractivity (Wildman–Crippen MR) is 128 cm³/mol. The smallest absolute Gasteiger partial charge is 0.322 e. The Morgan fingerprint density at radius 3 is 2.39 bits per heavy atom. The summed E-state index contributed by atoms with van der Waals surface area (Å²) in [6.45, 7) is 0.990. The molecule has 0 atom stereocenters. The first-order valence-corrected chi connectivity index (χ1v) is 11.2. The molecular formula is C26H30N4O3. The molecule has 1 aromatic heterocycles. The fourth-order valence-electron chi connectivity index (χ4n) is 3.83. The molecule has 33 heavy (non-hydrogen) atoms. The minimum atomic E-state index is -0.283. The van der Waals surface area contributed by atoms with Crippen molar-refractivity contribution >= 4 is 17.6 Å². The summed E-state index contributed by atoms with van der Waals surface area (Å²) in [6.07, 6.45) is 3.78. The zero-order valence-electron chi connectivity index (χ0n) is 19.1. The summed E-state index contributed by atoms with van der Waals surface area (Å²) in [7, 11) is 3.54. The molecule has 1 heterocycles. The lowest BCUT2D eigenvalue weighted by Gasteiger charge is -2.28. The van der Waals surface area contributed by atoms with Crippen molar-refractivity contribution in [3.05, 3.63) is 84.2 Å². The number of hydrogen-bond donors (Lipinski definition) is 1. The summed E-state index contributed by atoms with van der Waals surface area (Å²) in [6, 6.07) is 21.0. The third kappa shape index (κ3) is 5.74. The number of methoxy groups -OCH3 is 1. The minimum Gasteiger partial charge on any atom is -0.495 e. The van der Waals surface area contributed by atoms with E-state index < -0.39 is 0 Å². The molecule has 0 radical (unpaired) electrons. The van der Waals surface area contributed by atoms with Crippen LogP contribution in [-0.4, -0.2) is 46.0 Å². The number of carbonyl (C=O) groups excluding carboxylic acids is 2. The van der Waals surface area contributed by atoms with Crippen molar-refractivity contribution < 1.29 is 14.3 Å². The van der Waals surface area contributed by atoms with E-state index in [0.29, 0.717) is 24.5 Å². The van der Waals surface area contributed by atoms with Gasteiger partial charge in [0, 0.05) is 31.5 Å². The van der Waals surface area contributed by atoms with Crippen molar-refractivity contribution in [3.63, 3.8) is 0 Å². The number of anilines is 1. The van der Waals surface area contributed by atoms with Crippen LogP contribution in [0.25, 0.3) is 0 Å². The molecule has 0 unspecified atom stereocenters. The Kier molecular flexibility index (Phi) is 6.98. The maximum absolute atomic E-state index is 13.5. The van der Waals surface area contributed by atoms with Crippen molar-refractivity contribution in [2.45, 2.75) is 32.0 Å². The van der Waals surface area contributed by atoms with E-state index in [9.17, 15) is 9.59 Å². The van der Waals surface area contributed by atoms with Crippen LogP contribution in [0.1, 0.15) is 24.1 Å². The van der Waals surface area contributed by atoms with Crippen molar-refractivity contribution in [3.8, 4) is 5.75 Å². The van der Waals surface area contributed by atoms with Gasteiger partial charge in [-0.3, -0.25) is 4.79 Å². The van der Waals surface area contributed by atoms with E-state index in [1.165, 1.54) is 0 Å². The third-order valence-electron chi connectivity index (χ3n) is 5.88. The van der Waals surface area contributed by atoms with E-state index in [2.05, 4.69) is 5.32 Å². The maximum atomic E-state index is 13.5. The molecule has 3 aromatic rings. The van der Waals surface area contributed by atoms with Crippen LogP contribution in [0.4, 0.5) is 10.5 Å². The van der Waals surface area contributed by atoms with Crippen LogP contribution in [0.15, 0.2) is 72.9 Å². The average Bonchev–Trinajstić information content (AvgIpc) is 3.59. The number of nitrogens with one attached hydrogen (secondary N) is 1. The first-order chi connectivity index (χ1) is 16.0. The van der Waals surface area contributed by atoms with Crippen LogP contribution in [0, 0.1) is 0 Å². The van der Waals surface area contributed by atoms with Gasteiger partial charge in [-0.05, 0) is 42.7 Å². The second-order valence-corrected chi connectivity index (χ2v) is 8.34. The molecule has 2 aromatic carbocycles. The molecule has 0 aliphatic heterocycles. The summed E-state index contributed by atoms with van der Waals surface area (Å²) in [5.74, 6) is 0.504. The zero-order valence-corrected chi connectivity index (χ0v) is 19.1. The number of nitrogens with zero attached hydrogens (tertiary/aromatic N) is 3. The fourth-order valence-corrected chi connectivity index (χ4v) is 3.83. The highest BCUT2D eigenvalue weighted by atomic mass is 16.5. The summed E-state index contributed by atoms with van der Waals surface area (Å²) < 4.78 is 7.36. The second-order valence-electron chi connectivity index (χ2n) is 8.34. The van der Waals surface area contributed by atoms with Gasteiger partial charge in [-0.2, -0.15) is 0 Å². The highest BCUT2D eigenvalue weighted by Crippen LogP contribution is 2.29. The Bertz CT molecular complexity index is 1090. The molecule has 1 aliphatic carbocycles. The first-order valence-electron chi connectivity index (χ1n) is 11.2. The van der Waals surface area contributed by atoms with Gasteiger partial charge in [0.05, 0.1) is 19.3 Å². The van der Waals surface area contributed by atoms with Gasteiger partial charge in [0.2, 0.25) is 5.91 Å². The molecule has 3 amide bonds. The van der Waals surface area contributed by atoms with Crippen LogP contribution < -0.4 is 10.1 Å². The molecular weight excluding hydrogens is 416 g/mol. The van der Waals surface area contributed by atoms with Crippen molar-refractivity contribution in [2.75, 3.05) is 19.0 Å². The number of hydrogen-bond acceptors (Lipinski definition) is 3. The van der Waals surface area contributed by atoms with Gasteiger partial charge in [0.15, 0.2) is 0 Å². The molecule has 172 valence electrons. The van der Waals surface area contributed by atoms with Crippen molar-refractivity contribution in [1.82, 2.24) is 14.4 Å². The fraction of sp³-hybridized carbons (Fsp3) is 0.308. The van der Waals surface area contributed by atoms with Crippen molar-refractivity contribution in [1.29, 1.82) is 0 Å². The van der Waals surface area contributed by atoms with Crippen LogP contribution in [0.3, 0.4) is 0 Å². The molecule has 1 N–H and O–H groups in total. The quantitative estimate of drug-likeness (QED) is 0.534. The highest BCUT2D eigenvalue weighted by molar-refractivity contribution is 5.94. The van der Waals surface area contributed by atoms with Gasteiger partial charge in [0.1, 0.15) is 12.3 Å². The average molecular weight is 447 g/mol. The van der Waals surface area contributed by atoms with Gasteiger partial charge >= 0.3 is 6.03 Å². The summed E-state index contributed by atoms with van der Waals surface area (Å²) in [5, 5.41) is 2.92. The molecule has 0 bridgehead atoms. The lowest BCUT2D eigenvalue weighted by atomic mass is 10.2. The topological polar surface area (TPSA) is 66.8 Å². The Balaban J connectivity index is 1.50. The number of ether oxygens (including phenoxy) is 1. The SMILES string of the molecule is COc1ccccc1NC(=O)N(CC(=O)N(Cc1ccccc1)Cc1cccn1C)C1CC1. The lowest BCUT2D eigenvalue weighted by molar-refractivity contribution is -0.133. The molecule has 7 nitrogen and oxygen atoms in total. The van der Waals surface area contributed by atoms with Crippen LogP contribution in [-0.2, 0) is 24.9 Å². The molecule has 1 saturated carbocycles. The van der Waals surface area contributed by atoms with Gasteiger partial charge in [-0.1, -0.05) is 42.5 Å². The highest BCUT2D eigenvalue weighted by Gasteiger charge is 2.35. The summed E-state index contributed by atoms with van der Waals surface area (Å²) in [4.78, 5) is 30.1. The molecule has 7 heteroatoms.